The van der Waals surface area contributed by atoms with E-state index in [1.165, 1.54) is 18.4 Å². The van der Waals surface area contributed by atoms with Gasteiger partial charge in [0.15, 0.2) is 0 Å². The summed E-state index contributed by atoms with van der Waals surface area (Å²) >= 11 is 0. The summed E-state index contributed by atoms with van der Waals surface area (Å²) < 4.78 is 0. The maximum atomic E-state index is 12.8. The second-order valence-corrected chi connectivity index (χ2v) is 7.65. The van der Waals surface area contributed by atoms with Crippen molar-refractivity contribution in [3.05, 3.63) is 35.9 Å². The van der Waals surface area contributed by atoms with Crippen molar-refractivity contribution in [3.63, 3.8) is 0 Å². The van der Waals surface area contributed by atoms with Crippen LogP contribution in [0, 0.1) is 17.8 Å². The molecule has 4 nitrogen and oxygen atoms in total. The van der Waals surface area contributed by atoms with Gasteiger partial charge in [0.2, 0.25) is 11.8 Å². The zero-order valence-corrected chi connectivity index (χ0v) is 14.1. The van der Waals surface area contributed by atoms with Crippen molar-refractivity contribution in [3.8, 4) is 0 Å². The summed E-state index contributed by atoms with van der Waals surface area (Å²) in [6.45, 7) is 1.39. The van der Waals surface area contributed by atoms with Gasteiger partial charge in [0.25, 0.3) is 0 Å². The van der Waals surface area contributed by atoms with E-state index in [0.717, 1.165) is 32.2 Å². The Balaban J connectivity index is 1.46. The SMILES string of the molecule is O=C(NCC1CC1)[C@H]1CC[C@@H](c2ccccc2)N(C(=O)C2CC2)C1. The number of benzene rings is 1. The normalized spacial score (nSPS) is 26.9. The fraction of sp³-hybridized carbons (Fsp3) is 0.600. The number of amides is 2. The molecule has 2 amide bonds. The molecule has 1 saturated heterocycles. The van der Waals surface area contributed by atoms with Crippen LogP contribution in [0.1, 0.15) is 50.1 Å². The van der Waals surface area contributed by atoms with E-state index in [0.29, 0.717) is 12.5 Å². The molecule has 1 aliphatic heterocycles. The van der Waals surface area contributed by atoms with Crippen molar-refractivity contribution in [1.29, 1.82) is 0 Å². The molecule has 1 heterocycles. The summed E-state index contributed by atoms with van der Waals surface area (Å²) in [5.74, 6) is 1.24. The highest BCUT2D eigenvalue weighted by atomic mass is 16.2. The first-order valence-corrected chi connectivity index (χ1v) is 9.35. The Hall–Kier alpha value is -1.84. The van der Waals surface area contributed by atoms with Gasteiger partial charge >= 0.3 is 0 Å². The third-order valence-corrected chi connectivity index (χ3v) is 5.61. The minimum atomic E-state index is -0.0496. The number of hydrogen-bond donors (Lipinski definition) is 1. The maximum absolute atomic E-state index is 12.8. The predicted molar refractivity (Wildman–Crippen MR) is 92.1 cm³/mol. The number of carbonyl (C=O) groups excluding carboxylic acids is 2. The van der Waals surface area contributed by atoms with Gasteiger partial charge in [-0.05, 0) is 50.0 Å². The maximum Gasteiger partial charge on any atom is 0.226 e. The van der Waals surface area contributed by atoms with Gasteiger partial charge < -0.3 is 10.2 Å². The molecule has 1 aromatic carbocycles. The molecule has 0 spiro atoms. The van der Waals surface area contributed by atoms with Crippen molar-refractivity contribution >= 4 is 11.8 Å². The van der Waals surface area contributed by atoms with Crippen molar-refractivity contribution in [2.24, 2.45) is 17.8 Å². The van der Waals surface area contributed by atoms with Gasteiger partial charge in [0.1, 0.15) is 0 Å². The summed E-state index contributed by atoms with van der Waals surface area (Å²) in [4.78, 5) is 27.3. The second-order valence-electron chi connectivity index (χ2n) is 7.65. The van der Waals surface area contributed by atoms with Crippen LogP contribution in [0.4, 0.5) is 0 Å². The number of hydrogen-bond acceptors (Lipinski definition) is 2. The van der Waals surface area contributed by atoms with Crippen LogP contribution < -0.4 is 5.32 Å². The molecular formula is C20H26N2O2. The Bertz CT molecular complexity index is 607. The summed E-state index contributed by atoms with van der Waals surface area (Å²) in [6.07, 6.45) is 6.25. The van der Waals surface area contributed by atoms with E-state index in [-0.39, 0.29) is 29.7 Å². The standard InChI is InChI=1S/C20H26N2O2/c23-19(21-12-14-6-7-14)17-10-11-18(15-4-2-1-3-5-15)22(13-17)20(24)16-8-9-16/h1-5,14,16-18H,6-13H2,(H,21,23)/t17-,18-/m0/s1. The fourth-order valence-electron chi connectivity index (χ4n) is 3.73. The van der Waals surface area contributed by atoms with Gasteiger partial charge in [-0.2, -0.15) is 0 Å². The van der Waals surface area contributed by atoms with Gasteiger partial charge in [-0.3, -0.25) is 9.59 Å². The molecule has 0 unspecified atom stereocenters. The number of carbonyl (C=O) groups is 2. The van der Waals surface area contributed by atoms with Gasteiger partial charge in [0.05, 0.1) is 12.0 Å². The van der Waals surface area contributed by atoms with Gasteiger partial charge in [-0.1, -0.05) is 30.3 Å². The first-order chi connectivity index (χ1) is 11.7. The van der Waals surface area contributed by atoms with Gasteiger partial charge in [-0.15, -0.1) is 0 Å². The third kappa shape index (κ3) is 3.47. The zero-order chi connectivity index (χ0) is 16.5. The lowest BCUT2D eigenvalue weighted by Gasteiger charge is -2.39. The average molecular weight is 326 g/mol. The van der Waals surface area contributed by atoms with Gasteiger partial charge in [-0.25, -0.2) is 0 Å². The molecule has 0 bridgehead atoms. The Morgan fingerprint density at radius 1 is 0.958 bits per heavy atom. The van der Waals surface area contributed by atoms with Crippen molar-refractivity contribution in [1.82, 2.24) is 10.2 Å². The van der Waals surface area contributed by atoms with Crippen LogP contribution in [0.25, 0.3) is 0 Å². The molecule has 24 heavy (non-hydrogen) atoms. The zero-order valence-electron chi connectivity index (χ0n) is 14.1. The Morgan fingerprint density at radius 2 is 1.67 bits per heavy atom. The lowest BCUT2D eigenvalue weighted by atomic mass is 9.88. The highest BCUT2D eigenvalue weighted by Gasteiger charge is 2.41. The molecule has 4 rings (SSSR count). The predicted octanol–water partition coefficient (Wildman–Crippen LogP) is 2.90. The molecule has 1 aromatic rings. The van der Waals surface area contributed by atoms with Crippen molar-refractivity contribution in [2.45, 2.75) is 44.6 Å². The number of rotatable bonds is 5. The third-order valence-electron chi connectivity index (χ3n) is 5.61. The van der Waals surface area contributed by atoms with Crippen LogP contribution >= 0.6 is 0 Å². The molecule has 2 aliphatic carbocycles. The molecule has 3 fully saturated rings. The first kappa shape index (κ1) is 15.7. The summed E-state index contributed by atoms with van der Waals surface area (Å²) in [5.41, 5.74) is 1.20. The lowest BCUT2D eigenvalue weighted by molar-refractivity contribution is -0.140. The monoisotopic (exact) mass is 326 g/mol. The highest BCUT2D eigenvalue weighted by molar-refractivity contribution is 5.84. The molecule has 0 aromatic heterocycles. The molecule has 0 radical (unpaired) electrons. The quantitative estimate of drug-likeness (QED) is 0.904. The molecule has 2 saturated carbocycles. The number of nitrogens with one attached hydrogen (secondary N) is 1. The topological polar surface area (TPSA) is 49.4 Å². The van der Waals surface area contributed by atoms with Crippen LogP contribution in [0.3, 0.4) is 0 Å². The highest BCUT2D eigenvalue weighted by Crippen LogP contribution is 2.39. The number of likely N-dealkylation sites (tertiary alicyclic amines) is 1. The van der Waals surface area contributed by atoms with Crippen LogP contribution in [-0.2, 0) is 9.59 Å². The van der Waals surface area contributed by atoms with E-state index < -0.39 is 0 Å². The Morgan fingerprint density at radius 3 is 2.33 bits per heavy atom. The summed E-state index contributed by atoms with van der Waals surface area (Å²) in [6, 6.07) is 10.4. The van der Waals surface area contributed by atoms with E-state index in [9.17, 15) is 9.59 Å². The summed E-state index contributed by atoms with van der Waals surface area (Å²) in [7, 11) is 0. The van der Waals surface area contributed by atoms with E-state index in [1.807, 2.05) is 23.1 Å². The Labute approximate surface area is 143 Å². The number of piperidine rings is 1. The largest absolute Gasteiger partial charge is 0.356 e. The van der Waals surface area contributed by atoms with E-state index in [1.54, 1.807) is 0 Å². The minimum absolute atomic E-state index is 0.0496. The lowest BCUT2D eigenvalue weighted by Crippen LogP contribution is -2.47. The number of nitrogens with zero attached hydrogens (tertiary/aromatic N) is 1. The fourth-order valence-corrected chi connectivity index (χ4v) is 3.73. The minimum Gasteiger partial charge on any atom is -0.356 e. The van der Waals surface area contributed by atoms with Crippen molar-refractivity contribution < 1.29 is 9.59 Å². The first-order valence-electron chi connectivity index (χ1n) is 9.35. The van der Waals surface area contributed by atoms with E-state index >= 15 is 0 Å². The summed E-state index contributed by atoms with van der Waals surface area (Å²) in [5, 5.41) is 3.10. The molecule has 3 aliphatic rings. The van der Waals surface area contributed by atoms with Crippen molar-refractivity contribution in [2.75, 3.05) is 13.1 Å². The van der Waals surface area contributed by atoms with E-state index in [2.05, 4.69) is 17.4 Å². The smallest absolute Gasteiger partial charge is 0.226 e. The molecular weight excluding hydrogens is 300 g/mol. The second kappa shape index (κ2) is 6.58. The van der Waals surface area contributed by atoms with Crippen LogP contribution in [0.2, 0.25) is 0 Å². The molecule has 4 heteroatoms. The molecule has 128 valence electrons. The van der Waals surface area contributed by atoms with E-state index in [4.69, 9.17) is 0 Å². The van der Waals surface area contributed by atoms with Crippen LogP contribution in [0.5, 0.6) is 0 Å². The molecule has 1 N–H and O–H groups in total. The van der Waals surface area contributed by atoms with Gasteiger partial charge in [0, 0.05) is 19.0 Å². The Kier molecular flexibility index (Phi) is 4.30. The average Bonchev–Trinajstić information content (AvgIpc) is 3.52. The van der Waals surface area contributed by atoms with Crippen LogP contribution in [0.15, 0.2) is 30.3 Å². The molecule has 2 atom stereocenters. The van der Waals surface area contributed by atoms with Crippen LogP contribution in [-0.4, -0.2) is 29.8 Å².